The molecule has 2 saturated heterocycles. The largest absolute Gasteiger partial charge is 0.494 e. The van der Waals surface area contributed by atoms with E-state index in [1.54, 1.807) is 21.9 Å². The number of anilines is 1. The molecule has 2 aliphatic heterocycles. The van der Waals surface area contributed by atoms with Crippen LogP contribution >= 0.6 is 0 Å². The van der Waals surface area contributed by atoms with Gasteiger partial charge in [0.2, 0.25) is 0 Å². The first-order chi connectivity index (χ1) is 17.8. The Morgan fingerprint density at radius 3 is 2.38 bits per heavy atom. The van der Waals surface area contributed by atoms with Crippen molar-refractivity contribution in [3.05, 3.63) is 54.1 Å². The topological polar surface area (TPSA) is 125 Å². The van der Waals surface area contributed by atoms with Gasteiger partial charge in [0.1, 0.15) is 5.75 Å². The molecule has 2 fully saturated rings. The first kappa shape index (κ1) is 26.9. The number of urea groups is 1. The van der Waals surface area contributed by atoms with E-state index >= 15 is 0 Å². The Hall–Kier alpha value is -3.15. The van der Waals surface area contributed by atoms with Gasteiger partial charge >= 0.3 is 6.03 Å². The molecule has 200 valence electrons. The Kier molecular flexibility index (Phi) is 8.35. The lowest BCUT2D eigenvalue weighted by Gasteiger charge is -2.34. The maximum Gasteiger partial charge on any atom is 0.324 e. The third-order valence-electron chi connectivity index (χ3n) is 7.06. The Labute approximate surface area is 217 Å². The molecule has 2 aliphatic rings. The maximum atomic E-state index is 13.3. The van der Waals surface area contributed by atoms with Gasteiger partial charge in [0.15, 0.2) is 14.6 Å². The van der Waals surface area contributed by atoms with Gasteiger partial charge in [-0.1, -0.05) is 19.1 Å². The molecule has 0 saturated carbocycles. The van der Waals surface area contributed by atoms with Gasteiger partial charge in [-0.05, 0) is 67.6 Å². The van der Waals surface area contributed by atoms with Crippen LogP contribution in [-0.2, 0) is 25.8 Å². The quantitative estimate of drug-likeness (QED) is 0.274. The SMILES string of the molecule is CCc1ccc(N2CCN(CCCOc3ccc(S(=O)(=O)C4(C(=O)NO)CCOCC4)cc3)C2=O)cc1. The molecular formula is C26H33N3O7S. The van der Waals surface area contributed by atoms with E-state index in [9.17, 15) is 18.0 Å². The third-order valence-corrected chi connectivity index (χ3v) is 9.57. The number of amides is 3. The number of carbonyl (C=O) groups is 2. The second kappa shape index (κ2) is 11.5. The van der Waals surface area contributed by atoms with Crippen molar-refractivity contribution in [2.75, 3.05) is 44.4 Å². The summed E-state index contributed by atoms with van der Waals surface area (Å²) in [6.07, 6.45) is 1.48. The van der Waals surface area contributed by atoms with Gasteiger partial charge in [-0.2, -0.15) is 0 Å². The van der Waals surface area contributed by atoms with Crippen LogP contribution in [-0.4, -0.2) is 74.7 Å². The van der Waals surface area contributed by atoms with Crippen molar-refractivity contribution in [2.45, 2.75) is 42.2 Å². The number of benzene rings is 2. The van der Waals surface area contributed by atoms with Gasteiger partial charge in [0.25, 0.3) is 5.91 Å². The normalized spacial score (nSPS) is 17.6. The number of hydrogen-bond donors (Lipinski definition) is 2. The predicted molar refractivity (Wildman–Crippen MR) is 137 cm³/mol. The minimum absolute atomic E-state index is 0.0206. The molecule has 0 bridgehead atoms. The molecule has 2 aromatic carbocycles. The van der Waals surface area contributed by atoms with Crippen molar-refractivity contribution >= 4 is 27.5 Å². The minimum atomic E-state index is -4.08. The highest BCUT2D eigenvalue weighted by Gasteiger charge is 2.52. The summed E-state index contributed by atoms with van der Waals surface area (Å²) in [5.74, 6) is -0.471. The number of hydroxylamine groups is 1. The van der Waals surface area contributed by atoms with Crippen LogP contribution in [0.3, 0.4) is 0 Å². The number of carbonyl (C=O) groups excluding carboxylic acids is 2. The van der Waals surface area contributed by atoms with Crippen LogP contribution < -0.4 is 15.1 Å². The third kappa shape index (κ3) is 5.43. The standard InChI is InChI=1S/C26H33N3O7S/c1-2-20-4-6-21(7-5-20)29-16-15-28(25(29)31)14-3-17-36-22-8-10-23(11-9-22)37(33,34)26(24(30)27-32)12-18-35-19-13-26/h4-11,32H,2-3,12-19H2,1H3,(H,27,30). The molecule has 0 radical (unpaired) electrons. The molecule has 2 heterocycles. The molecule has 10 nitrogen and oxygen atoms in total. The van der Waals surface area contributed by atoms with Gasteiger partial charge in [0.05, 0.1) is 11.5 Å². The van der Waals surface area contributed by atoms with Crippen molar-refractivity contribution in [2.24, 2.45) is 0 Å². The van der Waals surface area contributed by atoms with E-state index in [1.165, 1.54) is 23.2 Å². The Balaban J connectivity index is 1.30. The zero-order valence-electron chi connectivity index (χ0n) is 20.9. The van der Waals surface area contributed by atoms with Crippen molar-refractivity contribution in [3.8, 4) is 5.75 Å². The number of aryl methyl sites for hydroxylation is 1. The highest BCUT2D eigenvalue weighted by Crippen LogP contribution is 2.35. The highest BCUT2D eigenvalue weighted by molar-refractivity contribution is 7.93. The first-order valence-corrected chi connectivity index (χ1v) is 14.0. The van der Waals surface area contributed by atoms with Crippen LogP contribution in [0.4, 0.5) is 10.5 Å². The molecule has 2 N–H and O–H groups in total. The number of sulfone groups is 1. The van der Waals surface area contributed by atoms with Crippen LogP contribution in [0.5, 0.6) is 5.75 Å². The average molecular weight is 532 g/mol. The molecule has 0 spiro atoms. The molecule has 3 amide bonds. The van der Waals surface area contributed by atoms with Crippen molar-refractivity contribution in [1.29, 1.82) is 0 Å². The van der Waals surface area contributed by atoms with Crippen molar-refractivity contribution < 1.29 is 32.7 Å². The fourth-order valence-corrected chi connectivity index (χ4v) is 6.69. The summed E-state index contributed by atoms with van der Waals surface area (Å²) in [5.41, 5.74) is 3.64. The fraction of sp³-hybridized carbons (Fsp3) is 0.462. The average Bonchev–Trinajstić information content (AvgIpc) is 3.31. The molecule has 0 atom stereocenters. The predicted octanol–water partition coefficient (Wildman–Crippen LogP) is 2.79. The number of ether oxygens (including phenoxy) is 2. The molecule has 37 heavy (non-hydrogen) atoms. The summed E-state index contributed by atoms with van der Waals surface area (Å²) >= 11 is 0. The van der Waals surface area contributed by atoms with Crippen LogP contribution in [0, 0.1) is 0 Å². The van der Waals surface area contributed by atoms with Gasteiger partial charge in [-0.3, -0.25) is 14.9 Å². The summed E-state index contributed by atoms with van der Waals surface area (Å²) < 4.78 is 35.8. The molecule has 0 aliphatic carbocycles. The molecular weight excluding hydrogens is 498 g/mol. The van der Waals surface area contributed by atoms with E-state index < -0.39 is 20.5 Å². The summed E-state index contributed by atoms with van der Waals surface area (Å²) in [7, 11) is -4.08. The zero-order chi connectivity index (χ0) is 26.5. The van der Waals surface area contributed by atoms with Crippen LogP contribution in [0.2, 0.25) is 0 Å². The molecule has 11 heteroatoms. The van der Waals surface area contributed by atoms with E-state index in [1.807, 2.05) is 24.3 Å². The summed E-state index contributed by atoms with van der Waals surface area (Å²) in [6.45, 7) is 4.51. The van der Waals surface area contributed by atoms with Crippen molar-refractivity contribution in [1.82, 2.24) is 10.4 Å². The van der Waals surface area contributed by atoms with Crippen LogP contribution in [0.25, 0.3) is 0 Å². The monoisotopic (exact) mass is 531 g/mol. The molecule has 0 unspecified atom stereocenters. The van der Waals surface area contributed by atoms with Crippen molar-refractivity contribution in [3.63, 3.8) is 0 Å². The van der Waals surface area contributed by atoms with E-state index in [-0.39, 0.29) is 37.0 Å². The van der Waals surface area contributed by atoms with E-state index in [0.29, 0.717) is 38.4 Å². The van der Waals surface area contributed by atoms with E-state index in [4.69, 9.17) is 14.7 Å². The summed E-state index contributed by atoms with van der Waals surface area (Å²) in [5, 5.41) is 9.16. The highest BCUT2D eigenvalue weighted by atomic mass is 32.2. The molecule has 0 aromatic heterocycles. The van der Waals surface area contributed by atoms with Gasteiger partial charge in [0, 0.05) is 38.5 Å². The minimum Gasteiger partial charge on any atom is -0.494 e. The number of rotatable bonds is 10. The second-order valence-corrected chi connectivity index (χ2v) is 11.4. The van der Waals surface area contributed by atoms with E-state index in [2.05, 4.69) is 6.92 Å². The fourth-order valence-electron chi connectivity index (χ4n) is 4.75. The maximum absolute atomic E-state index is 13.3. The lowest BCUT2D eigenvalue weighted by molar-refractivity contribution is -0.134. The first-order valence-electron chi connectivity index (χ1n) is 12.5. The zero-order valence-corrected chi connectivity index (χ0v) is 21.7. The lowest BCUT2D eigenvalue weighted by Crippen LogP contribution is -2.54. The molecule has 2 aromatic rings. The van der Waals surface area contributed by atoms with Gasteiger partial charge in [-0.25, -0.2) is 18.7 Å². The Bertz CT molecular complexity index is 1190. The number of nitrogens with one attached hydrogen (secondary N) is 1. The Morgan fingerprint density at radius 2 is 1.76 bits per heavy atom. The van der Waals surface area contributed by atoms with E-state index in [0.717, 1.165) is 12.1 Å². The van der Waals surface area contributed by atoms with Crippen LogP contribution in [0.15, 0.2) is 53.4 Å². The lowest BCUT2D eigenvalue weighted by atomic mass is 9.98. The summed E-state index contributed by atoms with van der Waals surface area (Å²) in [4.78, 5) is 28.7. The van der Waals surface area contributed by atoms with Crippen LogP contribution in [0.1, 0.15) is 31.7 Å². The number of nitrogens with zero attached hydrogens (tertiary/aromatic N) is 2. The second-order valence-electron chi connectivity index (χ2n) is 9.17. The van der Waals surface area contributed by atoms with Gasteiger partial charge < -0.3 is 14.4 Å². The molecule has 4 rings (SSSR count). The smallest absolute Gasteiger partial charge is 0.324 e. The van der Waals surface area contributed by atoms with Gasteiger partial charge in [-0.15, -0.1) is 0 Å². The Morgan fingerprint density at radius 1 is 1.08 bits per heavy atom. The summed E-state index contributed by atoms with van der Waals surface area (Å²) in [6, 6.07) is 13.9. The number of hydrogen-bond acceptors (Lipinski definition) is 7.